The Kier molecular flexibility index (Phi) is 5.36. The molecule has 0 aliphatic heterocycles. The van der Waals surface area contributed by atoms with Crippen molar-refractivity contribution in [1.29, 1.82) is 0 Å². The van der Waals surface area contributed by atoms with Crippen molar-refractivity contribution >= 4 is 5.97 Å². The number of fused-ring (bicyclic) bond motifs is 5. The third kappa shape index (κ3) is 3.18. The molecule has 10 atom stereocenters. The maximum Gasteiger partial charge on any atom is 0.303 e. The summed E-state index contributed by atoms with van der Waals surface area (Å²) >= 11 is 0. The van der Waals surface area contributed by atoms with Gasteiger partial charge in [-0.15, -0.1) is 0 Å². The molecule has 0 unspecified atom stereocenters. The quantitative estimate of drug-likeness (QED) is 0.570. The van der Waals surface area contributed by atoms with Gasteiger partial charge in [-0.05, 0) is 85.4 Å². The molecule has 4 fully saturated rings. The number of aliphatic hydroxyl groups is 3. The van der Waals surface area contributed by atoms with E-state index in [4.69, 9.17) is 5.11 Å². The van der Waals surface area contributed by atoms with Crippen LogP contribution < -0.4 is 0 Å². The molecule has 0 spiro atoms. The summed E-state index contributed by atoms with van der Waals surface area (Å²) in [5.74, 6) is 1.15. The van der Waals surface area contributed by atoms with Crippen molar-refractivity contribution in [3.63, 3.8) is 0 Å². The molecule has 4 rings (SSSR count). The standard InChI is InChI=1S/C24H40O5/c1-14(4-7-20(27)28)16-5-6-17-21-18(9-10-22(16,17)2)23(3)11-8-15(25)12-24(23,29)13-19(21)26/h14-19,21,25-26,29H,4-13H2,1-3H3,(H,27,28)/t14-,15-,16-,17+,18+,19+,21+,22-,23-,24-/m1/s1. The van der Waals surface area contributed by atoms with Crippen molar-refractivity contribution in [2.45, 2.75) is 103 Å². The normalized spacial score (nSPS) is 52.9. The van der Waals surface area contributed by atoms with Gasteiger partial charge >= 0.3 is 5.97 Å². The molecule has 5 heteroatoms. The molecule has 5 nitrogen and oxygen atoms in total. The lowest BCUT2D eigenvalue weighted by molar-refractivity contribution is -0.249. The zero-order chi connectivity index (χ0) is 21.2. The third-order valence-electron chi connectivity index (χ3n) is 10.3. The van der Waals surface area contributed by atoms with E-state index in [1.165, 1.54) is 0 Å². The Bertz CT molecular complexity index is 651. The van der Waals surface area contributed by atoms with Crippen LogP contribution in [-0.2, 0) is 4.79 Å². The van der Waals surface area contributed by atoms with Crippen molar-refractivity contribution in [1.82, 2.24) is 0 Å². The number of rotatable bonds is 4. The minimum Gasteiger partial charge on any atom is -0.481 e. The second-order valence-electron chi connectivity index (χ2n) is 11.5. The number of aliphatic hydroxyl groups excluding tert-OH is 2. The van der Waals surface area contributed by atoms with Gasteiger partial charge in [0.1, 0.15) is 0 Å². The zero-order valence-electron chi connectivity index (χ0n) is 18.3. The van der Waals surface area contributed by atoms with E-state index in [0.717, 1.165) is 44.9 Å². The topological polar surface area (TPSA) is 98.0 Å². The van der Waals surface area contributed by atoms with Crippen LogP contribution in [0.4, 0.5) is 0 Å². The highest BCUT2D eigenvalue weighted by Crippen LogP contribution is 2.69. The Morgan fingerprint density at radius 3 is 2.45 bits per heavy atom. The molecule has 4 saturated carbocycles. The highest BCUT2D eigenvalue weighted by atomic mass is 16.4. The first-order valence-electron chi connectivity index (χ1n) is 11.8. The largest absolute Gasteiger partial charge is 0.481 e. The van der Waals surface area contributed by atoms with E-state index in [0.29, 0.717) is 36.5 Å². The number of carboxylic acid groups (broad SMARTS) is 1. The number of hydrogen-bond acceptors (Lipinski definition) is 4. The second-order valence-corrected chi connectivity index (χ2v) is 11.5. The lowest BCUT2D eigenvalue weighted by Gasteiger charge is -2.65. The van der Waals surface area contributed by atoms with E-state index in [-0.39, 0.29) is 23.2 Å². The summed E-state index contributed by atoms with van der Waals surface area (Å²) < 4.78 is 0. The fourth-order valence-corrected chi connectivity index (χ4v) is 8.76. The van der Waals surface area contributed by atoms with Crippen LogP contribution in [0.3, 0.4) is 0 Å². The first-order valence-corrected chi connectivity index (χ1v) is 11.8. The highest BCUT2D eigenvalue weighted by Gasteiger charge is 2.67. The molecular formula is C24H40O5. The van der Waals surface area contributed by atoms with Crippen molar-refractivity contribution in [3.05, 3.63) is 0 Å². The lowest BCUT2D eigenvalue weighted by atomic mass is 9.42. The van der Waals surface area contributed by atoms with Gasteiger partial charge in [-0.2, -0.15) is 0 Å². The molecule has 4 aliphatic carbocycles. The first kappa shape index (κ1) is 21.6. The van der Waals surface area contributed by atoms with Crippen molar-refractivity contribution in [2.24, 2.45) is 40.4 Å². The van der Waals surface area contributed by atoms with Gasteiger partial charge in [-0.25, -0.2) is 0 Å². The van der Waals surface area contributed by atoms with E-state index in [9.17, 15) is 20.1 Å². The molecular weight excluding hydrogens is 368 g/mol. The summed E-state index contributed by atoms with van der Waals surface area (Å²) in [7, 11) is 0. The van der Waals surface area contributed by atoms with E-state index >= 15 is 0 Å². The van der Waals surface area contributed by atoms with Crippen molar-refractivity contribution in [2.75, 3.05) is 0 Å². The van der Waals surface area contributed by atoms with Crippen LogP contribution in [-0.4, -0.2) is 44.2 Å². The number of carbonyl (C=O) groups is 1. The minimum absolute atomic E-state index is 0.153. The Balaban J connectivity index is 1.59. The summed E-state index contributed by atoms with van der Waals surface area (Å²) in [6.45, 7) is 6.82. The predicted molar refractivity (Wildman–Crippen MR) is 110 cm³/mol. The summed E-state index contributed by atoms with van der Waals surface area (Å²) in [4.78, 5) is 11.1. The first-order chi connectivity index (χ1) is 13.5. The number of aliphatic carboxylic acids is 1. The number of hydrogen-bond donors (Lipinski definition) is 4. The van der Waals surface area contributed by atoms with Crippen LogP contribution in [0.25, 0.3) is 0 Å². The molecule has 0 amide bonds. The van der Waals surface area contributed by atoms with E-state index in [2.05, 4.69) is 20.8 Å². The van der Waals surface area contributed by atoms with Gasteiger partial charge in [0.25, 0.3) is 0 Å². The molecule has 0 saturated heterocycles. The van der Waals surface area contributed by atoms with Gasteiger partial charge < -0.3 is 20.4 Å². The molecule has 0 aromatic carbocycles. The number of carboxylic acids is 1. The van der Waals surface area contributed by atoms with E-state index in [1.807, 2.05) is 0 Å². The fourth-order valence-electron chi connectivity index (χ4n) is 8.76. The molecule has 4 N–H and O–H groups in total. The zero-order valence-corrected chi connectivity index (χ0v) is 18.3. The van der Waals surface area contributed by atoms with Crippen LogP contribution in [0.15, 0.2) is 0 Å². The van der Waals surface area contributed by atoms with Crippen molar-refractivity contribution < 1.29 is 25.2 Å². The molecule has 0 heterocycles. The Morgan fingerprint density at radius 1 is 1.03 bits per heavy atom. The van der Waals surface area contributed by atoms with Gasteiger partial charge in [0.15, 0.2) is 0 Å². The molecule has 29 heavy (non-hydrogen) atoms. The Labute approximate surface area is 174 Å². The summed E-state index contributed by atoms with van der Waals surface area (Å²) in [6.07, 6.45) is 6.69. The average Bonchev–Trinajstić information content (AvgIpc) is 2.98. The maximum atomic E-state index is 11.5. The van der Waals surface area contributed by atoms with Crippen molar-refractivity contribution in [3.8, 4) is 0 Å². The fraction of sp³-hybridized carbons (Fsp3) is 0.958. The van der Waals surface area contributed by atoms with Gasteiger partial charge in [-0.1, -0.05) is 20.8 Å². The van der Waals surface area contributed by atoms with Crippen LogP contribution in [0.5, 0.6) is 0 Å². The molecule has 4 aliphatic rings. The lowest BCUT2D eigenvalue weighted by Crippen LogP contribution is -2.66. The Hall–Kier alpha value is -0.650. The average molecular weight is 409 g/mol. The third-order valence-corrected chi connectivity index (χ3v) is 10.3. The van der Waals surface area contributed by atoms with E-state index in [1.54, 1.807) is 0 Å². The van der Waals surface area contributed by atoms with E-state index < -0.39 is 23.8 Å². The molecule has 0 aromatic heterocycles. The highest BCUT2D eigenvalue weighted by molar-refractivity contribution is 5.66. The van der Waals surface area contributed by atoms with Gasteiger partial charge in [0, 0.05) is 19.3 Å². The SMILES string of the molecule is C[C@H](CCC(=O)O)[C@H]1CC[C@H]2[C@@H]3[C@@H](O)C[C@]4(O)C[C@H](O)CC[C@]4(C)[C@H]3CC[C@]12C. The smallest absolute Gasteiger partial charge is 0.303 e. The molecule has 166 valence electrons. The van der Waals surface area contributed by atoms with Crippen LogP contribution in [0.1, 0.15) is 85.0 Å². The molecule has 0 radical (unpaired) electrons. The van der Waals surface area contributed by atoms with Gasteiger partial charge in [0.2, 0.25) is 0 Å². The second kappa shape index (κ2) is 7.20. The summed E-state index contributed by atoms with van der Waals surface area (Å²) in [5, 5.41) is 42.1. The molecule has 0 bridgehead atoms. The van der Waals surface area contributed by atoms with Gasteiger partial charge in [-0.3, -0.25) is 4.79 Å². The van der Waals surface area contributed by atoms with Crippen LogP contribution >= 0.6 is 0 Å². The van der Waals surface area contributed by atoms with Gasteiger partial charge in [0.05, 0.1) is 17.8 Å². The Morgan fingerprint density at radius 2 is 1.76 bits per heavy atom. The summed E-state index contributed by atoms with van der Waals surface area (Å²) in [5.41, 5.74) is -1.05. The monoisotopic (exact) mass is 408 g/mol. The van der Waals surface area contributed by atoms with Crippen LogP contribution in [0, 0.1) is 40.4 Å². The van der Waals surface area contributed by atoms with Crippen LogP contribution in [0.2, 0.25) is 0 Å². The molecule has 0 aromatic rings. The summed E-state index contributed by atoms with van der Waals surface area (Å²) in [6, 6.07) is 0. The minimum atomic E-state index is -0.966. The predicted octanol–water partition coefficient (Wildman–Crippen LogP) is 3.59. The maximum absolute atomic E-state index is 11.5.